The lowest BCUT2D eigenvalue weighted by atomic mass is 9.77. The van der Waals surface area contributed by atoms with Crippen molar-refractivity contribution in [2.75, 3.05) is 26.7 Å². The van der Waals surface area contributed by atoms with Gasteiger partial charge in [0.15, 0.2) is 0 Å². The van der Waals surface area contributed by atoms with Crippen LogP contribution in [-0.2, 0) is 20.0 Å². The fourth-order valence-corrected chi connectivity index (χ4v) is 5.41. The Morgan fingerprint density at radius 3 is 2.70 bits per heavy atom. The average molecular weight is 405 g/mol. The van der Waals surface area contributed by atoms with Crippen LogP contribution in [0.2, 0.25) is 0 Å². The SMILES string of the molecule is COc1cccc2c1CCC1CN(CCn3c(=O)c4ccccc4n(C)c3=O)CC21. The maximum absolute atomic E-state index is 12.9. The van der Waals surface area contributed by atoms with Gasteiger partial charge in [-0.15, -0.1) is 0 Å². The number of rotatable bonds is 4. The molecule has 156 valence electrons. The lowest BCUT2D eigenvalue weighted by Gasteiger charge is -2.28. The second-order valence-electron chi connectivity index (χ2n) is 8.51. The minimum absolute atomic E-state index is 0.194. The summed E-state index contributed by atoms with van der Waals surface area (Å²) >= 11 is 0. The van der Waals surface area contributed by atoms with E-state index in [2.05, 4.69) is 17.0 Å². The van der Waals surface area contributed by atoms with E-state index in [1.54, 1.807) is 24.8 Å². The van der Waals surface area contributed by atoms with E-state index in [4.69, 9.17) is 4.74 Å². The zero-order valence-corrected chi connectivity index (χ0v) is 17.5. The van der Waals surface area contributed by atoms with Gasteiger partial charge in [-0.2, -0.15) is 0 Å². The first kappa shape index (κ1) is 19.1. The summed E-state index contributed by atoms with van der Waals surface area (Å²) in [4.78, 5) is 28.1. The highest BCUT2D eigenvalue weighted by Crippen LogP contribution is 2.43. The van der Waals surface area contributed by atoms with E-state index in [1.807, 2.05) is 24.3 Å². The molecule has 0 radical (unpaired) electrons. The molecule has 0 bridgehead atoms. The van der Waals surface area contributed by atoms with Gasteiger partial charge in [0.2, 0.25) is 0 Å². The smallest absolute Gasteiger partial charge is 0.331 e. The van der Waals surface area contributed by atoms with Crippen molar-refractivity contribution >= 4 is 10.9 Å². The lowest BCUT2D eigenvalue weighted by molar-refractivity contribution is 0.302. The third kappa shape index (κ3) is 2.98. The molecule has 1 aromatic heterocycles. The van der Waals surface area contributed by atoms with E-state index in [-0.39, 0.29) is 11.2 Å². The van der Waals surface area contributed by atoms with Crippen molar-refractivity contribution in [3.05, 3.63) is 74.4 Å². The first-order chi connectivity index (χ1) is 14.6. The quantitative estimate of drug-likeness (QED) is 0.669. The summed E-state index contributed by atoms with van der Waals surface area (Å²) < 4.78 is 8.54. The zero-order valence-electron chi connectivity index (χ0n) is 17.5. The Bertz CT molecular complexity index is 1230. The Hall–Kier alpha value is -2.86. The number of fused-ring (bicyclic) bond motifs is 4. The fourth-order valence-electron chi connectivity index (χ4n) is 5.41. The maximum atomic E-state index is 12.9. The van der Waals surface area contributed by atoms with Gasteiger partial charge in [-0.05, 0) is 48.1 Å². The van der Waals surface area contributed by atoms with Crippen molar-refractivity contribution in [2.45, 2.75) is 25.3 Å². The van der Waals surface area contributed by atoms with E-state index >= 15 is 0 Å². The molecule has 0 saturated carbocycles. The van der Waals surface area contributed by atoms with Gasteiger partial charge in [0.25, 0.3) is 5.56 Å². The molecular formula is C24H27N3O3. The van der Waals surface area contributed by atoms with Crippen molar-refractivity contribution in [1.29, 1.82) is 0 Å². The molecule has 0 amide bonds. The van der Waals surface area contributed by atoms with Gasteiger partial charge in [-0.25, -0.2) is 4.79 Å². The van der Waals surface area contributed by atoms with Gasteiger partial charge in [-0.1, -0.05) is 24.3 Å². The molecule has 2 unspecified atom stereocenters. The topological polar surface area (TPSA) is 56.5 Å². The summed E-state index contributed by atoms with van der Waals surface area (Å²) in [5, 5.41) is 0.593. The molecule has 1 fully saturated rings. The van der Waals surface area contributed by atoms with Crippen molar-refractivity contribution in [3.8, 4) is 5.75 Å². The first-order valence-electron chi connectivity index (χ1n) is 10.6. The van der Waals surface area contributed by atoms with Crippen LogP contribution >= 0.6 is 0 Å². The number of aromatic nitrogens is 2. The largest absolute Gasteiger partial charge is 0.496 e. The normalized spacial score (nSPS) is 20.9. The van der Waals surface area contributed by atoms with Crippen molar-refractivity contribution in [1.82, 2.24) is 14.0 Å². The number of benzene rings is 2. The molecule has 1 aliphatic carbocycles. The highest BCUT2D eigenvalue weighted by Gasteiger charge is 2.38. The van der Waals surface area contributed by atoms with E-state index in [9.17, 15) is 9.59 Å². The van der Waals surface area contributed by atoms with Crippen LogP contribution in [0.4, 0.5) is 0 Å². The number of hydrogen-bond acceptors (Lipinski definition) is 4. The van der Waals surface area contributed by atoms with Crippen molar-refractivity contribution in [2.24, 2.45) is 13.0 Å². The Morgan fingerprint density at radius 1 is 1.03 bits per heavy atom. The molecule has 1 saturated heterocycles. The van der Waals surface area contributed by atoms with E-state index in [0.29, 0.717) is 35.8 Å². The number of methoxy groups -OCH3 is 1. The average Bonchev–Trinajstić information content (AvgIpc) is 3.20. The van der Waals surface area contributed by atoms with E-state index in [0.717, 1.165) is 31.7 Å². The summed E-state index contributed by atoms with van der Waals surface area (Å²) in [5.41, 5.74) is 3.00. The van der Waals surface area contributed by atoms with Crippen molar-refractivity contribution in [3.63, 3.8) is 0 Å². The van der Waals surface area contributed by atoms with Crippen LogP contribution in [0.15, 0.2) is 52.1 Å². The highest BCUT2D eigenvalue weighted by atomic mass is 16.5. The number of likely N-dealkylation sites (tertiary alicyclic amines) is 1. The van der Waals surface area contributed by atoms with Crippen LogP contribution in [0.5, 0.6) is 5.75 Å². The molecule has 0 N–H and O–H groups in total. The molecule has 30 heavy (non-hydrogen) atoms. The second kappa shape index (κ2) is 7.43. The summed E-state index contributed by atoms with van der Waals surface area (Å²) in [6, 6.07) is 13.7. The van der Waals surface area contributed by atoms with Gasteiger partial charge in [0, 0.05) is 39.1 Å². The molecule has 2 aromatic carbocycles. The minimum Gasteiger partial charge on any atom is -0.496 e. The predicted octanol–water partition coefficient (Wildman–Crippen LogP) is 2.37. The molecule has 0 spiro atoms. The molecular weight excluding hydrogens is 378 g/mol. The third-order valence-corrected chi connectivity index (χ3v) is 6.97. The van der Waals surface area contributed by atoms with Gasteiger partial charge in [0.1, 0.15) is 5.75 Å². The predicted molar refractivity (Wildman–Crippen MR) is 117 cm³/mol. The van der Waals surface area contributed by atoms with Crippen LogP contribution in [0, 0.1) is 5.92 Å². The summed E-state index contributed by atoms with van der Waals surface area (Å²) in [6.45, 7) is 3.11. The lowest BCUT2D eigenvalue weighted by Crippen LogP contribution is -2.41. The van der Waals surface area contributed by atoms with E-state index in [1.165, 1.54) is 15.7 Å². The Kier molecular flexibility index (Phi) is 4.74. The molecule has 3 aromatic rings. The fraction of sp³-hybridized carbons (Fsp3) is 0.417. The maximum Gasteiger partial charge on any atom is 0.331 e. The zero-order chi connectivity index (χ0) is 20.8. The molecule has 1 aliphatic heterocycles. The number of nitrogens with zero attached hydrogens (tertiary/aromatic N) is 3. The monoisotopic (exact) mass is 405 g/mol. The number of para-hydroxylation sites is 1. The molecule has 2 heterocycles. The first-order valence-corrected chi connectivity index (χ1v) is 10.6. The highest BCUT2D eigenvalue weighted by molar-refractivity contribution is 5.77. The van der Waals surface area contributed by atoms with Gasteiger partial charge in [-0.3, -0.25) is 13.9 Å². The summed E-state index contributed by atoms with van der Waals surface area (Å²) in [6.07, 6.45) is 2.21. The Balaban J connectivity index is 1.38. The van der Waals surface area contributed by atoms with Crippen LogP contribution in [0.25, 0.3) is 10.9 Å². The van der Waals surface area contributed by atoms with Crippen molar-refractivity contribution < 1.29 is 4.74 Å². The molecule has 5 rings (SSSR count). The van der Waals surface area contributed by atoms with Gasteiger partial charge >= 0.3 is 5.69 Å². The molecule has 6 nitrogen and oxygen atoms in total. The Morgan fingerprint density at radius 2 is 1.87 bits per heavy atom. The summed E-state index contributed by atoms with van der Waals surface area (Å²) in [7, 11) is 3.47. The van der Waals surface area contributed by atoms with Crippen LogP contribution in [0.1, 0.15) is 23.5 Å². The molecule has 2 aliphatic rings. The minimum atomic E-state index is -0.245. The van der Waals surface area contributed by atoms with Crippen LogP contribution in [-0.4, -0.2) is 40.8 Å². The number of hydrogen-bond donors (Lipinski definition) is 0. The third-order valence-electron chi connectivity index (χ3n) is 6.97. The molecule has 2 atom stereocenters. The van der Waals surface area contributed by atoms with Gasteiger partial charge in [0.05, 0.1) is 18.0 Å². The number of ether oxygens (including phenoxy) is 1. The molecule has 6 heteroatoms. The standard InChI is InChI=1S/C24H27N3O3/c1-25-21-8-4-3-6-19(21)23(28)27(24(25)29)13-12-26-14-16-10-11-18-17(20(16)15-26)7-5-9-22(18)30-2/h3-9,16,20H,10-15H2,1-2H3. The van der Waals surface area contributed by atoms with Crippen LogP contribution < -0.4 is 16.0 Å². The second-order valence-corrected chi connectivity index (χ2v) is 8.51. The van der Waals surface area contributed by atoms with E-state index < -0.39 is 0 Å². The Labute approximate surface area is 175 Å². The number of aryl methyl sites for hydroxylation is 1. The van der Waals surface area contributed by atoms with Crippen LogP contribution in [0.3, 0.4) is 0 Å². The van der Waals surface area contributed by atoms with Gasteiger partial charge < -0.3 is 9.64 Å². The summed E-state index contributed by atoms with van der Waals surface area (Å²) in [5.74, 6) is 2.12.